The van der Waals surface area contributed by atoms with Gasteiger partial charge in [-0.25, -0.2) is 0 Å². The first-order valence-corrected chi connectivity index (χ1v) is 24.7. The summed E-state index contributed by atoms with van der Waals surface area (Å²) < 4.78 is 0. The molecule has 0 atom stereocenters. The highest BCUT2D eigenvalue weighted by Crippen LogP contribution is 2.43. The third kappa shape index (κ3) is 9.08. The van der Waals surface area contributed by atoms with Gasteiger partial charge in [0.05, 0.1) is 0 Å². The average molecular weight is 895 g/mol. The van der Waals surface area contributed by atoms with Crippen LogP contribution < -0.4 is 9.80 Å². The summed E-state index contributed by atoms with van der Waals surface area (Å²) in [5.41, 5.74) is 20.8. The maximum atomic E-state index is 2.41. The molecule has 0 fully saturated rings. The molecule has 0 saturated heterocycles. The Bertz CT molecular complexity index is 3430. The van der Waals surface area contributed by atoms with Crippen molar-refractivity contribution in [1.29, 1.82) is 0 Å². The monoisotopic (exact) mass is 894 g/mol. The molecule has 0 heterocycles. The number of nitrogens with zero attached hydrogens (tertiary/aromatic N) is 2. The molecular weight excluding hydrogens is 833 g/mol. The van der Waals surface area contributed by atoms with Crippen LogP contribution in [0.25, 0.3) is 54.9 Å². The fourth-order valence-electron chi connectivity index (χ4n) is 9.97. The molecular formula is C67H62N2. The van der Waals surface area contributed by atoms with Crippen LogP contribution in [0, 0.1) is 13.8 Å². The van der Waals surface area contributed by atoms with Crippen molar-refractivity contribution in [1.82, 2.24) is 0 Å². The second-order valence-corrected chi connectivity index (χ2v) is 20.1. The van der Waals surface area contributed by atoms with E-state index in [1.165, 1.54) is 88.4 Å². The van der Waals surface area contributed by atoms with Crippen LogP contribution in [-0.2, 0) is 11.8 Å². The lowest BCUT2D eigenvalue weighted by atomic mass is 9.86. The minimum atomic E-state index is 0.0427. The molecule has 0 radical (unpaired) electrons. The molecule has 340 valence electrons. The van der Waals surface area contributed by atoms with Crippen molar-refractivity contribution in [3.8, 4) is 33.4 Å². The van der Waals surface area contributed by atoms with E-state index in [0.29, 0.717) is 5.92 Å². The topological polar surface area (TPSA) is 6.48 Å². The molecule has 10 rings (SSSR count). The Hall–Kier alpha value is -7.68. The zero-order valence-electron chi connectivity index (χ0n) is 41.4. The predicted molar refractivity (Wildman–Crippen MR) is 299 cm³/mol. The molecule has 0 amide bonds. The van der Waals surface area contributed by atoms with Gasteiger partial charge in [0, 0.05) is 34.1 Å². The third-order valence-corrected chi connectivity index (χ3v) is 14.0. The normalized spacial score (nSPS) is 11.7. The van der Waals surface area contributed by atoms with Crippen LogP contribution >= 0.6 is 0 Å². The minimum Gasteiger partial charge on any atom is -0.310 e. The molecule has 0 N–H and O–H groups in total. The lowest BCUT2D eigenvalue weighted by Crippen LogP contribution is -2.14. The molecule has 0 spiro atoms. The SMILES string of the molecule is CCc1ccc(N(c2ccc(-c3ccc4ccc(C)c(-c5c(C)ccc6ccc(-c7ccc(N(c8ccccc8)c8cccc(C(C)(C)C)c8)cc7)cc56)c4c3)cc2)c2cccc(C(C)C)c2)cc1. The van der Waals surface area contributed by atoms with Crippen LogP contribution in [0.4, 0.5) is 34.1 Å². The zero-order chi connectivity index (χ0) is 47.8. The first-order chi connectivity index (χ1) is 33.4. The van der Waals surface area contributed by atoms with E-state index >= 15 is 0 Å². The number of aryl methyl sites for hydroxylation is 3. The maximum absolute atomic E-state index is 2.41. The Kier molecular flexibility index (Phi) is 12.3. The van der Waals surface area contributed by atoms with Crippen LogP contribution in [0.3, 0.4) is 0 Å². The first kappa shape index (κ1) is 45.1. The Morgan fingerprint density at radius 1 is 0.391 bits per heavy atom. The fraction of sp³-hybridized carbons (Fsp3) is 0.164. The quantitative estimate of drug-likeness (QED) is 0.128. The summed E-state index contributed by atoms with van der Waals surface area (Å²) in [6.45, 7) is 18.1. The zero-order valence-corrected chi connectivity index (χ0v) is 41.4. The second kappa shape index (κ2) is 18.8. The number of anilines is 6. The van der Waals surface area contributed by atoms with Crippen LogP contribution in [-0.4, -0.2) is 0 Å². The number of para-hydroxylation sites is 1. The molecule has 10 aromatic carbocycles. The molecule has 0 saturated carbocycles. The summed E-state index contributed by atoms with van der Waals surface area (Å²) in [6, 6.07) is 79.0. The number of hydrogen-bond acceptors (Lipinski definition) is 2. The highest BCUT2D eigenvalue weighted by atomic mass is 15.1. The summed E-state index contributed by atoms with van der Waals surface area (Å²) in [7, 11) is 0. The van der Waals surface area contributed by atoms with E-state index in [1.807, 2.05) is 0 Å². The molecule has 0 unspecified atom stereocenters. The smallest absolute Gasteiger partial charge is 0.0464 e. The van der Waals surface area contributed by atoms with Crippen molar-refractivity contribution in [2.24, 2.45) is 0 Å². The molecule has 10 aromatic rings. The van der Waals surface area contributed by atoms with Crippen molar-refractivity contribution >= 4 is 55.7 Å². The predicted octanol–water partition coefficient (Wildman–Crippen LogP) is 19.5. The van der Waals surface area contributed by atoms with Gasteiger partial charge in [-0.3, -0.25) is 0 Å². The van der Waals surface area contributed by atoms with Gasteiger partial charge in [0.1, 0.15) is 0 Å². The number of benzene rings is 10. The lowest BCUT2D eigenvalue weighted by molar-refractivity contribution is 0.590. The molecule has 0 aliphatic rings. The maximum Gasteiger partial charge on any atom is 0.0464 e. The average Bonchev–Trinajstić information content (AvgIpc) is 3.37. The molecule has 2 nitrogen and oxygen atoms in total. The Balaban J connectivity index is 1.02. The van der Waals surface area contributed by atoms with Crippen LogP contribution in [0.1, 0.15) is 75.3 Å². The summed E-state index contributed by atoms with van der Waals surface area (Å²) in [6.07, 6.45) is 1.02. The fourth-order valence-corrected chi connectivity index (χ4v) is 9.97. The standard InChI is InChI=1S/C67H62N2/c1-9-48-23-35-58(36-24-48)69(61-19-13-15-53(41-61)45(2)3)60-39-33-50(34-40-60)55-30-28-52-26-22-47(5)66(64(52)43-55)65-46(4)21-25-51-27-29-54(42-63(51)65)49-31-37-59(38-32-49)68(57-17-11-10-12-18-57)62-20-14-16-56(44-62)67(6,7)8/h10-45H,9H2,1-8H3. The first-order valence-electron chi connectivity index (χ1n) is 24.7. The minimum absolute atomic E-state index is 0.0427. The van der Waals surface area contributed by atoms with Gasteiger partial charge in [-0.2, -0.15) is 0 Å². The van der Waals surface area contributed by atoms with Crippen molar-refractivity contribution in [3.05, 3.63) is 240 Å². The molecule has 69 heavy (non-hydrogen) atoms. The highest BCUT2D eigenvalue weighted by molar-refractivity contribution is 6.09. The van der Waals surface area contributed by atoms with Crippen molar-refractivity contribution in [3.63, 3.8) is 0 Å². The van der Waals surface area contributed by atoms with Gasteiger partial charge in [-0.05, 0) is 199 Å². The van der Waals surface area contributed by atoms with Crippen LogP contribution in [0.2, 0.25) is 0 Å². The molecule has 0 aliphatic carbocycles. The number of hydrogen-bond donors (Lipinski definition) is 0. The lowest BCUT2D eigenvalue weighted by Gasteiger charge is -2.28. The molecule has 0 aliphatic heterocycles. The second-order valence-electron chi connectivity index (χ2n) is 20.1. The summed E-state index contributed by atoms with van der Waals surface area (Å²) in [4.78, 5) is 4.75. The number of rotatable bonds is 11. The summed E-state index contributed by atoms with van der Waals surface area (Å²) >= 11 is 0. The van der Waals surface area contributed by atoms with E-state index in [4.69, 9.17) is 0 Å². The van der Waals surface area contributed by atoms with Crippen LogP contribution in [0.15, 0.2) is 212 Å². The van der Waals surface area contributed by atoms with E-state index in [1.54, 1.807) is 0 Å². The van der Waals surface area contributed by atoms with Gasteiger partial charge in [-0.1, -0.05) is 169 Å². The Morgan fingerprint density at radius 2 is 0.812 bits per heavy atom. The van der Waals surface area contributed by atoms with Crippen molar-refractivity contribution in [2.45, 2.75) is 73.1 Å². The number of fused-ring (bicyclic) bond motifs is 2. The summed E-state index contributed by atoms with van der Waals surface area (Å²) in [5.74, 6) is 0.440. The summed E-state index contributed by atoms with van der Waals surface area (Å²) in [5, 5.41) is 5.00. The Labute approximate surface area is 410 Å². The van der Waals surface area contributed by atoms with E-state index < -0.39 is 0 Å². The molecule has 0 aromatic heterocycles. The van der Waals surface area contributed by atoms with Gasteiger partial charge in [0.2, 0.25) is 0 Å². The van der Waals surface area contributed by atoms with E-state index in [2.05, 4.69) is 278 Å². The van der Waals surface area contributed by atoms with E-state index in [9.17, 15) is 0 Å². The molecule has 0 bridgehead atoms. The van der Waals surface area contributed by atoms with Gasteiger partial charge < -0.3 is 9.80 Å². The Morgan fingerprint density at radius 3 is 1.29 bits per heavy atom. The van der Waals surface area contributed by atoms with Crippen LogP contribution in [0.5, 0.6) is 0 Å². The largest absolute Gasteiger partial charge is 0.310 e. The van der Waals surface area contributed by atoms with Gasteiger partial charge >= 0.3 is 0 Å². The van der Waals surface area contributed by atoms with Crippen molar-refractivity contribution in [2.75, 3.05) is 9.80 Å². The van der Waals surface area contributed by atoms with Gasteiger partial charge in [0.15, 0.2) is 0 Å². The molecule has 2 heteroatoms. The van der Waals surface area contributed by atoms with Crippen molar-refractivity contribution < 1.29 is 0 Å². The third-order valence-electron chi connectivity index (χ3n) is 14.0. The van der Waals surface area contributed by atoms with E-state index in [0.717, 1.165) is 34.9 Å². The highest BCUT2D eigenvalue weighted by Gasteiger charge is 2.20. The van der Waals surface area contributed by atoms with Gasteiger partial charge in [0.25, 0.3) is 0 Å². The van der Waals surface area contributed by atoms with Gasteiger partial charge in [-0.15, -0.1) is 0 Å². The van der Waals surface area contributed by atoms with E-state index in [-0.39, 0.29) is 5.41 Å².